The quantitative estimate of drug-likeness (QED) is 0.775. The second-order valence-corrected chi connectivity index (χ2v) is 4.58. The Morgan fingerprint density at radius 3 is 2.19 bits per heavy atom. The van der Waals surface area contributed by atoms with Gasteiger partial charge in [-0.3, -0.25) is 0 Å². The lowest BCUT2D eigenvalue weighted by Gasteiger charge is -2.18. The van der Waals surface area contributed by atoms with E-state index in [1.807, 2.05) is 33.8 Å². The molecule has 0 radical (unpaired) electrons. The topological polar surface area (TPSA) is 49.8 Å². The molecule has 0 spiro atoms. The number of nitrogens with two attached hydrogens (primary N) is 1. The van der Waals surface area contributed by atoms with Crippen LogP contribution in [0.2, 0.25) is 0 Å². The molecule has 1 aromatic carbocycles. The third-order valence-electron chi connectivity index (χ3n) is 2.69. The van der Waals surface area contributed by atoms with E-state index in [2.05, 4.69) is 0 Å². The Morgan fingerprint density at radius 1 is 1.25 bits per heavy atom. The number of benzene rings is 1. The molecule has 0 atom stereocenters. The maximum atomic E-state index is 13.9. The number of nitrogens with zero attached hydrogens (tertiary/aromatic N) is 1. The predicted molar refractivity (Wildman–Crippen MR) is 63.7 cm³/mol. The monoisotopic (exact) mass is 220 g/mol. The molecular formula is C13H17FN2. The fraction of sp³-hybridized carbons (Fsp3) is 0.462. The average molecular weight is 220 g/mol. The number of hydrogen-bond acceptors (Lipinski definition) is 2. The summed E-state index contributed by atoms with van der Waals surface area (Å²) >= 11 is 0. The predicted octanol–water partition coefficient (Wildman–Crippen LogP) is 3.53. The van der Waals surface area contributed by atoms with Crippen LogP contribution in [0.1, 0.15) is 56.2 Å². The smallest absolute Gasteiger partial charge is 0.146 e. The van der Waals surface area contributed by atoms with Crippen LogP contribution in [0.4, 0.5) is 10.1 Å². The fourth-order valence-electron chi connectivity index (χ4n) is 1.84. The Balaban J connectivity index is 3.60. The third-order valence-corrected chi connectivity index (χ3v) is 2.69. The largest absolute Gasteiger partial charge is 0.398 e. The molecule has 86 valence electrons. The van der Waals surface area contributed by atoms with Gasteiger partial charge < -0.3 is 5.73 Å². The molecule has 0 aliphatic rings. The standard InChI is InChI=1S/C13H17FN2/c1-7(2)10-5-9(6-15)12(14)11(8(3)4)13(10)16/h5,7-8H,16H2,1-4H3. The van der Waals surface area contributed by atoms with Gasteiger partial charge in [0.05, 0.1) is 5.56 Å². The highest BCUT2D eigenvalue weighted by atomic mass is 19.1. The van der Waals surface area contributed by atoms with Gasteiger partial charge in [0.1, 0.15) is 11.9 Å². The minimum atomic E-state index is -0.473. The first kappa shape index (κ1) is 12.5. The number of anilines is 1. The summed E-state index contributed by atoms with van der Waals surface area (Å²) < 4.78 is 13.9. The highest BCUT2D eigenvalue weighted by Crippen LogP contribution is 2.33. The summed E-state index contributed by atoms with van der Waals surface area (Å²) in [5, 5.41) is 8.89. The highest BCUT2D eigenvalue weighted by molar-refractivity contribution is 5.60. The summed E-state index contributed by atoms with van der Waals surface area (Å²) in [5.41, 5.74) is 7.84. The SMILES string of the molecule is CC(C)c1cc(C#N)c(F)c(C(C)C)c1N. The summed E-state index contributed by atoms with van der Waals surface area (Å²) in [7, 11) is 0. The first-order chi connectivity index (χ1) is 7.40. The van der Waals surface area contributed by atoms with Crippen LogP contribution in [0.3, 0.4) is 0 Å². The minimum absolute atomic E-state index is 0.0224. The molecule has 0 heterocycles. The maximum absolute atomic E-state index is 13.9. The molecule has 0 amide bonds. The van der Waals surface area contributed by atoms with E-state index in [0.29, 0.717) is 11.3 Å². The van der Waals surface area contributed by atoms with Crippen molar-refractivity contribution in [2.24, 2.45) is 0 Å². The van der Waals surface area contributed by atoms with E-state index in [9.17, 15) is 4.39 Å². The molecule has 2 N–H and O–H groups in total. The number of hydrogen-bond donors (Lipinski definition) is 1. The lowest BCUT2D eigenvalue weighted by Crippen LogP contribution is -2.07. The molecule has 0 aromatic heterocycles. The van der Waals surface area contributed by atoms with Gasteiger partial charge in [0.25, 0.3) is 0 Å². The van der Waals surface area contributed by atoms with Gasteiger partial charge in [0.15, 0.2) is 0 Å². The van der Waals surface area contributed by atoms with Crippen molar-refractivity contribution in [1.29, 1.82) is 5.26 Å². The Hall–Kier alpha value is -1.56. The zero-order valence-corrected chi connectivity index (χ0v) is 10.1. The van der Waals surface area contributed by atoms with Gasteiger partial charge in [-0.25, -0.2) is 4.39 Å². The van der Waals surface area contributed by atoms with E-state index < -0.39 is 5.82 Å². The van der Waals surface area contributed by atoms with Crippen LogP contribution >= 0.6 is 0 Å². The molecule has 0 saturated heterocycles. The van der Waals surface area contributed by atoms with E-state index >= 15 is 0 Å². The van der Waals surface area contributed by atoms with Crippen LogP contribution in [-0.4, -0.2) is 0 Å². The van der Waals surface area contributed by atoms with E-state index in [1.54, 1.807) is 6.07 Å². The van der Waals surface area contributed by atoms with Crippen LogP contribution in [-0.2, 0) is 0 Å². The van der Waals surface area contributed by atoms with E-state index in [4.69, 9.17) is 11.0 Å². The molecular weight excluding hydrogens is 203 g/mol. The summed E-state index contributed by atoms with van der Waals surface area (Å²) in [6, 6.07) is 3.44. The van der Waals surface area contributed by atoms with Crippen molar-refractivity contribution >= 4 is 5.69 Å². The maximum Gasteiger partial charge on any atom is 0.146 e. The van der Waals surface area contributed by atoms with Gasteiger partial charge in [-0.1, -0.05) is 27.7 Å². The van der Waals surface area contributed by atoms with Crippen molar-refractivity contribution in [3.63, 3.8) is 0 Å². The first-order valence-electron chi connectivity index (χ1n) is 5.42. The molecule has 2 nitrogen and oxygen atoms in total. The molecule has 0 bridgehead atoms. The van der Waals surface area contributed by atoms with Crippen LogP contribution in [0.25, 0.3) is 0 Å². The molecule has 0 aliphatic heterocycles. The van der Waals surface area contributed by atoms with Gasteiger partial charge in [0, 0.05) is 11.3 Å². The number of nitrogen functional groups attached to an aromatic ring is 1. The minimum Gasteiger partial charge on any atom is -0.398 e. The molecule has 0 fully saturated rings. The van der Waals surface area contributed by atoms with Gasteiger partial charge in [-0.15, -0.1) is 0 Å². The lowest BCUT2D eigenvalue weighted by molar-refractivity contribution is 0.594. The second kappa shape index (κ2) is 4.52. The van der Waals surface area contributed by atoms with Crippen molar-refractivity contribution < 1.29 is 4.39 Å². The van der Waals surface area contributed by atoms with E-state index in [1.165, 1.54) is 0 Å². The third kappa shape index (κ3) is 2.01. The molecule has 0 aliphatic carbocycles. The molecule has 0 unspecified atom stereocenters. The van der Waals surface area contributed by atoms with Crippen LogP contribution in [0.5, 0.6) is 0 Å². The normalized spacial score (nSPS) is 10.9. The Bertz CT molecular complexity index is 442. The van der Waals surface area contributed by atoms with Crippen molar-refractivity contribution in [1.82, 2.24) is 0 Å². The highest BCUT2D eigenvalue weighted by Gasteiger charge is 2.19. The summed E-state index contributed by atoms with van der Waals surface area (Å²) in [5.74, 6) is -0.310. The molecule has 1 aromatic rings. The Labute approximate surface area is 95.9 Å². The van der Waals surface area contributed by atoms with E-state index in [0.717, 1.165) is 5.56 Å². The Kier molecular flexibility index (Phi) is 3.54. The first-order valence-corrected chi connectivity index (χ1v) is 5.42. The van der Waals surface area contributed by atoms with Gasteiger partial charge in [0.2, 0.25) is 0 Å². The van der Waals surface area contributed by atoms with Crippen LogP contribution in [0.15, 0.2) is 6.07 Å². The summed E-state index contributed by atoms with van der Waals surface area (Å²) in [6.45, 7) is 7.71. The zero-order valence-electron chi connectivity index (χ0n) is 10.1. The number of rotatable bonds is 2. The molecule has 0 saturated carbocycles. The van der Waals surface area contributed by atoms with E-state index in [-0.39, 0.29) is 17.4 Å². The summed E-state index contributed by atoms with van der Waals surface area (Å²) in [6.07, 6.45) is 0. The van der Waals surface area contributed by atoms with Crippen molar-refractivity contribution in [2.75, 3.05) is 5.73 Å². The molecule has 16 heavy (non-hydrogen) atoms. The van der Waals surface area contributed by atoms with Crippen molar-refractivity contribution in [3.05, 3.63) is 28.6 Å². The number of nitriles is 1. The zero-order chi connectivity index (χ0) is 12.5. The fourth-order valence-corrected chi connectivity index (χ4v) is 1.84. The average Bonchev–Trinajstić information content (AvgIpc) is 2.16. The van der Waals surface area contributed by atoms with Crippen LogP contribution < -0.4 is 5.73 Å². The van der Waals surface area contributed by atoms with Crippen molar-refractivity contribution in [3.8, 4) is 6.07 Å². The molecule has 3 heteroatoms. The van der Waals surface area contributed by atoms with Gasteiger partial charge >= 0.3 is 0 Å². The van der Waals surface area contributed by atoms with Gasteiger partial charge in [-0.05, 0) is 23.5 Å². The Morgan fingerprint density at radius 2 is 1.81 bits per heavy atom. The van der Waals surface area contributed by atoms with Crippen molar-refractivity contribution in [2.45, 2.75) is 39.5 Å². The van der Waals surface area contributed by atoms with Gasteiger partial charge in [-0.2, -0.15) is 5.26 Å². The van der Waals surface area contributed by atoms with Crippen LogP contribution in [0, 0.1) is 17.1 Å². The number of halogens is 1. The lowest BCUT2D eigenvalue weighted by atomic mass is 9.90. The second-order valence-electron chi connectivity index (χ2n) is 4.58. The summed E-state index contributed by atoms with van der Waals surface area (Å²) in [4.78, 5) is 0. The molecule has 1 rings (SSSR count).